The molecule has 0 bridgehead atoms. The van der Waals surface area contributed by atoms with Crippen molar-refractivity contribution in [2.45, 2.75) is 13.8 Å². The Balaban J connectivity index is 2.25. The van der Waals surface area contributed by atoms with Crippen LogP contribution in [-0.2, 0) is 13.6 Å². The van der Waals surface area contributed by atoms with Crippen LogP contribution in [0.2, 0.25) is 0 Å². The maximum absolute atomic E-state index is 12.8. The monoisotopic (exact) mass is 407 g/mol. The first-order chi connectivity index (χ1) is 11.4. The van der Waals surface area contributed by atoms with E-state index in [1.165, 1.54) is 35.7 Å². The quantitative estimate of drug-likeness (QED) is 0.311. The van der Waals surface area contributed by atoms with Gasteiger partial charge in [-0.1, -0.05) is 47.3 Å². The lowest BCUT2D eigenvalue weighted by atomic mass is 10.2. The van der Waals surface area contributed by atoms with Gasteiger partial charge in [0.25, 0.3) is 5.69 Å². The molecule has 0 N–H and O–H groups in total. The van der Waals surface area contributed by atoms with Crippen LogP contribution in [-0.4, -0.2) is 18.1 Å². The number of non-ortho nitro benzene ring substituents is 1. The Hall–Kier alpha value is -0.760. The fourth-order valence-electron chi connectivity index (χ4n) is 1.87. The molecule has 0 aromatic heterocycles. The fourth-order valence-corrected chi connectivity index (χ4v) is 7.44. The smallest absolute Gasteiger partial charge is 0.305 e. The van der Waals surface area contributed by atoms with Crippen molar-refractivity contribution >= 4 is 54.5 Å². The molecule has 0 spiro atoms. The third kappa shape index (κ3) is 4.65. The molecule has 0 radical (unpaired) electrons. The Morgan fingerprint density at radius 2 is 1.96 bits per heavy atom. The number of nitro groups is 1. The molecule has 0 saturated heterocycles. The summed E-state index contributed by atoms with van der Waals surface area (Å²) < 4.78 is 24.9. The fraction of sp³-hybridized carbons (Fsp3) is 0.286. The molecule has 2 rings (SSSR count). The minimum atomic E-state index is -3.45. The number of thioether (sulfide) groups is 2. The second-order valence-corrected chi connectivity index (χ2v) is 9.66. The van der Waals surface area contributed by atoms with Crippen LogP contribution in [0.1, 0.15) is 19.4 Å². The van der Waals surface area contributed by atoms with E-state index in [2.05, 4.69) is 0 Å². The number of halogens is 1. The predicted molar refractivity (Wildman–Crippen MR) is 100.0 cm³/mol. The number of hydrogen-bond acceptors (Lipinski definition) is 7. The van der Waals surface area contributed by atoms with E-state index < -0.39 is 12.5 Å². The summed E-state index contributed by atoms with van der Waals surface area (Å²) in [5.41, 5.74) is 0.665. The molecule has 0 atom stereocenters. The van der Waals surface area contributed by atoms with Gasteiger partial charge in [-0.05, 0) is 25.5 Å². The van der Waals surface area contributed by atoms with Crippen molar-refractivity contribution in [2.75, 3.05) is 13.2 Å². The predicted octanol–water partition coefficient (Wildman–Crippen LogP) is 6.00. The highest BCUT2D eigenvalue weighted by molar-refractivity contribution is 8.32. The molecule has 1 aromatic rings. The van der Waals surface area contributed by atoms with Crippen LogP contribution >= 0.6 is 42.7 Å². The molecule has 6 nitrogen and oxygen atoms in total. The normalized spacial score (nSPS) is 16.9. The highest BCUT2D eigenvalue weighted by Gasteiger charge is 2.38. The van der Waals surface area contributed by atoms with E-state index >= 15 is 0 Å². The lowest BCUT2D eigenvalue weighted by molar-refractivity contribution is -0.384. The summed E-state index contributed by atoms with van der Waals surface area (Å²) in [6.45, 7) is 3.93. The molecule has 0 fully saturated rings. The summed E-state index contributed by atoms with van der Waals surface area (Å²) in [5.74, 6) is 0. The Morgan fingerprint density at radius 3 is 2.54 bits per heavy atom. The number of hydrogen-bond donors (Lipinski definition) is 0. The topological polar surface area (TPSA) is 78.7 Å². The zero-order chi connectivity index (χ0) is 17.7. The second-order valence-electron chi connectivity index (χ2n) is 4.43. The highest BCUT2D eigenvalue weighted by Crippen LogP contribution is 2.69. The maximum atomic E-state index is 12.8. The van der Waals surface area contributed by atoms with Gasteiger partial charge in [0.2, 0.25) is 0 Å². The number of nitrogens with zero attached hydrogens (tertiary/aromatic N) is 1. The second kappa shape index (κ2) is 8.56. The van der Waals surface area contributed by atoms with Gasteiger partial charge in [-0.15, -0.1) is 0 Å². The van der Waals surface area contributed by atoms with Gasteiger partial charge in [0, 0.05) is 12.1 Å². The molecule has 0 saturated carbocycles. The number of benzene rings is 1. The largest absolute Gasteiger partial charge is 0.370 e. The van der Waals surface area contributed by atoms with Crippen molar-refractivity contribution in [3.05, 3.63) is 53.2 Å². The summed E-state index contributed by atoms with van der Waals surface area (Å²) in [7, 11) is -3.45. The van der Waals surface area contributed by atoms with Gasteiger partial charge in [0.05, 0.1) is 22.4 Å². The van der Waals surface area contributed by atoms with Crippen LogP contribution in [0.25, 0.3) is 6.08 Å². The first-order valence-corrected chi connectivity index (χ1v) is 10.6. The van der Waals surface area contributed by atoms with E-state index in [1.807, 2.05) is 0 Å². The average molecular weight is 408 g/mol. The molecule has 0 amide bonds. The van der Waals surface area contributed by atoms with E-state index in [1.54, 1.807) is 32.1 Å². The van der Waals surface area contributed by atoms with Crippen LogP contribution < -0.4 is 0 Å². The molecule has 10 heteroatoms. The molecule has 1 aromatic carbocycles. The van der Waals surface area contributed by atoms with Crippen LogP contribution in [0.4, 0.5) is 5.69 Å². The molecule has 1 aliphatic rings. The summed E-state index contributed by atoms with van der Waals surface area (Å²) in [6, 6.07) is 6.24. The van der Waals surface area contributed by atoms with E-state index in [0.717, 1.165) is 4.24 Å². The molecule has 1 aliphatic heterocycles. The van der Waals surface area contributed by atoms with Gasteiger partial charge >= 0.3 is 7.60 Å². The summed E-state index contributed by atoms with van der Waals surface area (Å²) in [4.78, 5) is 10.4. The van der Waals surface area contributed by atoms with Gasteiger partial charge in [-0.25, -0.2) is 0 Å². The Morgan fingerprint density at radius 1 is 1.29 bits per heavy atom. The van der Waals surface area contributed by atoms with Gasteiger partial charge in [0.1, 0.15) is 9.01 Å². The first kappa shape index (κ1) is 19.6. The summed E-state index contributed by atoms with van der Waals surface area (Å²) in [5, 5.41) is 10.8. The van der Waals surface area contributed by atoms with Crippen molar-refractivity contribution in [3.63, 3.8) is 0 Å². The van der Waals surface area contributed by atoms with Crippen molar-refractivity contribution in [2.24, 2.45) is 0 Å². The van der Waals surface area contributed by atoms with Crippen LogP contribution in [0, 0.1) is 10.1 Å². The summed E-state index contributed by atoms with van der Waals surface area (Å²) >= 11 is 8.65. The SMILES string of the molecule is CCOP(=O)(OCC)C1=C(Cl)S/C(=C\c2cccc([N+](=O)[O-])c2)S1. The van der Waals surface area contributed by atoms with Crippen molar-refractivity contribution in [3.8, 4) is 0 Å². The minimum Gasteiger partial charge on any atom is -0.305 e. The molecule has 0 aliphatic carbocycles. The first-order valence-electron chi connectivity index (χ1n) is 7.01. The molecular weight excluding hydrogens is 393 g/mol. The third-order valence-corrected chi connectivity index (χ3v) is 8.49. The number of nitro benzene ring substituents is 1. The van der Waals surface area contributed by atoms with Gasteiger partial charge in [0.15, 0.2) is 0 Å². The lowest BCUT2D eigenvalue weighted by Gasteiger charge is -2.17. The molecule has 0 unspecified atom stereocenters. The minimum absolute atomic E-state index is 0.00549. The van der Waals surface area contributed by atoms with E-state index in [9.17, 15) is 14.7 Å². The van der Waals surface area contributed by atoms with Crippen LogP contribution in [0.5, 0.6) is 0 Å². The number of rotatable bonds is 7. The molecule has 24 heavy (non-hydrogen) atoms. The van der Waals surface area contributed by atoms with Crippen molar-refractivity contribution in [1.82, 2.24) is 0 Å². The average Bonchev–Trinajstić information content (AvgIpc) is 2.89. The third-order valence-electron chi connectivity index (χ3n) is 2.77. The Labute approximate surface area is 153 Å². The standard InChI is InChI=1S/C14H15ClNO5PS2/c1-3-20-22(19,21-4-2)14-13(15)23-12(24-14)9-10-6-5-7-11(8-10)16(17)18/h5-9H,3-4H2,1-2H3/b12-9+. The highest BCUT2D eigenvalue weighted by atomic mass is 35.5. The molecule has 1 heterocycles. The van der Waals surface area contributed by atoms with E-state index in [0.29, 0.717) is 14.6 Å². The van der Waals surface area contributed by atoms with Gasteiger partial charge < -0.3 is 9.05 Å². The van der Waals surface area contributed by atoms with Gasteiger partial charge in [-0.3, -0.25) is 14.7 Å². The maximum Gasteiger partial charge on any atom is 0.370 e. The molecule has 130 valence electrons. The van der Waals surface area contributed by atoms with Crippen LogP contribution in [0.15, 0.2) is 37.5 Å². The zero-order valence-corrected chi connectivity index (χ0v) is 16.2. The van der Waals surface area contributed by atoms with E-state index in [-0.39, 0.29) is 18.9 Å². The molecular formula is C14H15ClNO5PS2. The van der Waals surface area contributed by atoms with Crippen molar-refractivity contribution in [1.29, 1.82) is 0 Å². The van der Waals surface area contributed by atoms with Crippen molar-refractivity contribution < 1.29 is 18.5 Å². The van der Waals surface area contributed by atoms with Gasteiger partial charge in [-0.2, -0.15) is 0 Å². The zero-order valence-electron chi connectivity index (χ0n) is 12.9. The summed E-state index contributed by atoms with van der Waals surface area (Å²) in [6.07, 6.45) is 1.75. The van der Waals surface area contributed by atoms with Crippen LogP contribution in [0.3, 0.4) is 0 Å². The Kier molecular flexibility index (Phi) is 6.98. The van der Waals surface area contributed by atoms with E-state index in [4.69, 9.17) is 20.6 Å². The lowest BCUT2D eigenvalue weighted by Crippen LogP contribution is -1.96. The Bertz CT molecular complexity index is 742.